The molecule has 0 aliphatic heterocycles. The van der Waals surface area contributed by atoms with Crippen molar-refractivity contribution >= 4 is 23.1 Å². The maximum absolute atomic E-state index is 8.65. The van der Waals surface area contributed by atoms with Gasteiger partial charge in [0.2, 0.25) is 0 Å². The van der Waals surface area contributed by atoms with Crippen molar-refractivity contribution in [3.05, 3.63) is 21.9 Å². The molecular weight excluding hydrogens is 226 g/mol. The van der Waals surface area contributed by atoms with Gasteiger partial charge < -0.3 is 10.8 Å². The summed E-state index contributed by atoms with van der Waals surface area (Å²) < 4.78 is 0. The summed E-state index contributed by atoms with van der Waals surface area (Å²) >= 11 is 3.57. The molecule has 0 aliphatic carbocycles. The van der Waals surface area contributed by atoms with Gasteiger partial charge in [0.05, 0.1) is 6.54 Å². The largest absolute Gasteiger partial charge is 0.396 e. The highest BCUT2D eigenvalue weighted by Gasteiger charge is 2.01. The minimum Gasteiger partial charge on any atom is -0.396 e. The second-order valence-corrected chi connectivity index (χ2v) is 5.00. The lowest BCUT2D eigenvalue weighted by atomic mass is 10.3. The molecule has 0 saturated carbocycles. The van der Waals surface area contributed by atoms with Gasteiger partial charge in [0.25, 0.3) is 0 Å². The predicted octanol–water partition coefficient (Wildman–Crippen LogP) is 1.67. The Morgan fingerprint density at radius 2 is 2.40 bits per heavy atom. The van der Waals surface area contributed by atoms with Crippen molar-refractivity contribution in [3.8, 4) is 11.8 Å². The normalized spacial score (nSPS) is 9.73. The molecule has 0 aliphatic rings. The van der Waals surface area contributed by atoms with E-state index in [1.54, 1.807) is 11.3 Å². The lowest BCUT2D eigenvalue weighted by Gasteiger charge is -1.98. The highest BCUT2D eigenvalue weighted by atomic mass is 32.2. The molecule has 82 valence electrons. The van der Waals surface area contributed by atoms with Gasteiger partial charge in [-0.3, -0.25) is 0 Å². The van der Waals surface area contributed by atoms with E-state index in [2.05, 4.69) is 17.2 Å². The SMILES string of the molecule is NCC#Cc1ccsc1CSCCCO. The fraction of sp³-hybridized carbons (Fsp3) is 0.455. The molecule has 0 unspecified atom stereocenters. The summed E-state index contributed by atoms with van der Waals surface area (Å²) in [5, 5.41) is 10.7. The first-order chi connectivity index (χ1) is 7.38. The predicted molar refractivity (Wildman–Crippen MR) is 68.1 cm³/mol. The molecule has 0 saturated heterocycles. The minimum absolute atomic E-state index is 0.275. The van der Waals surface area contributed by atoms with Crippen LogP contribution >= 0.6 is 23.1 Å². The van der Waals surface area contributed by atoms with E-state index in [-0.39, 0.29) is 6.61 Å². The van der Waals surface area contributed by atoms with E-state index in [0.717, 1.165) is 23.5 Å². The van der Waals surface area contributed by atoms with Crippen LogP contribution in [0, 0.1) is 11.8 Å². The van der Waals surface area contributed by atoms with E-state index in [1.807, 2.05) is 17.8 Å². The number of hydrogen-bond acceptors (Lipinski definition) is 4. The van der Waals surface area contributed by atoms with Crippen LogP contribution in [0.5, 0.6) is 0 Å². The van der Waals surface area contributed by atoms with Crippen LogP contribution in [0.1, 0.15) is 16.9 Å². The number of nitrogens with two attached hydrogens (primary N) is 1. The number of rotatable bonds is 5. The average Bonchev–Trinajstić information content (AvgIpc) is 2.69. The van der Waals surface area contributed by atoms with Gasteiger partial charge in [0.15, 0.2) is 0 Å². The summed E-state index contributed by atoms with van der Waals surface area (Å²) in [7, 11) is 0. The van der Waals surface area contributed by atoms with Crippen LogP contribution in [0.4, 0.5) is 0 Å². The van der Waals surface area contributed by atoms with Gasteiger partial charge >= 0.3 is 0 Å². The molecule has 0 amide bonds. The second-order valence-electron chi connectivity index (χ2n) is 2.89. The molecule has 1 rings (SSSR count). The zero-order valence-corrected chi connectivity index (χ0v) is 10.2. The number of aliphatic hydroxyl groups is 1. The van der Waals surface area contributed by atoms with E-state index in [0.29, 0.717) is 6.54 Å². The first-order valence-electron chi connectivity index (χ1n) is 4.82. The molecule has 1 aromatic rings. The van der Waals surface area contributed by atoms with Crippen LogP contribution in [0.3, 0.4) is 0 Å². The third-order valence-corrected chi connectivity index (χ3v) is 3.92. The van der Waals surface area contributed by atoms with Crippen molar-refractivity contribution in [1.29, 1.82) is 0 Å². The third kappa shape index (κ3) is 4.72. The molecule has 1 aromatic heterocycles. The molecule has 0 aromatic carbocycles. The molecule has 0 fully saturated rings. The maximum atomic E-state index is 8.65. The van der Waals surface area contributed by atoms with Crippen LogP contribution in [-0.4, -0.2) is 24.0 Å². The fourth-order valence-corrected chi connectivity index (χ4v) is 3.00. The van der Waals surface area contributed by atoms with E-state index >= 15 is 0 Å². The summed E-state index contributed by atoms with van der Waals surface area (Å²) in [5.41, 5.74) is 6.43. The Labute approximate surface area is 98.9 Å². The standard InChI is InChI=1S/C11H15NOS2/c12-5-1-3-10-4-8-15-11(10)9-14-7-2-6-13/h4,8,13H,2,5-7,9,12H2. The van der Waals surface area contributed by atoms with Gasteiger partial charge in [-0.2, -0.15) is 11.8 Å². The molecule has 0 spiro atoms. The Bertz CT molecular complexity index is 338. The highest BCUT2D eigenvalue weighted by Crippen LogP contribution is 2.22. The monoisotopic (exact) mass is 241 g/mol. The molecule has 1 heterocycles. The molecule has 4 heteroatoms. The number of thioether (sulfide) groups is 1. The minimum atomic E-state index is 0.275. The Morgan fingerprint density at radius 1 is 1.53 bits per heavy atom. The molecular formula is C11H15NOS2. The summed E-state index contributed by atoms with van der Waals surface area (Å²) in [5.74, 6) is 7.91. The zero-order chi connectivity index (χ0) is 10.9. The molecule has 0 radical (unpaired) electrons. The molecule has 15 heavy (non-hydrogen) atoms. The van der Waals surface area contributed by atoms with Crippen molar-refractivity contribution in [3.63, 3.8) is 0 Å². The second kappa shape index (κ2) is 7.77. The highest BCUT2D eigenvalue weighted by molar-refractivity contribution is 7.98. The van der Waals surface area contributed by atoms with Crippen LogP contribution in [0.2, 0.25) is 0 Å². The summed E-state index contributed by atoms with van der Waals surface area (Å²) in [6.45, 7) is 0.685. The van der Waals surface area contributed by atoms with Crippen molar-refractivity contribution in [1.82, 2.24) is 0 Å². The molecule has 3 N–H and O–H groups in total. The Balaban J connectivity index is 2.43. The lowest BCUT2D eigenvalue weighted by Crippen LogP contribution is -1.93. The average molecular weight is 241 g/mol. The zero-order valence-electron chi connectivity index (χ0n) is 8.53. The third-order valence-electron chi connectivity index (χ3n) is 1.75. The Morgan fingerprint density at radius 3 is 3.13 bits per heavy atom. The Kier molecular flexibility index (Phi) is 6.53. The van der Waals surface area contributed by atoms with Crippen molar-refractivity contribution in [2.75, 3.05) is 18.9 Å². The molecule has 0 atom stereocenters. The molecule has 0 bridgehead atoms. The quantitative estimate of drug-likeness (QED) is 0.609. The van der Waals surface area contributed by atoms with Gasteiger partial charge in [-0.1, -0.05) is 11.8 Å². The smallest absolute Gasteiger partial charge is 0.0555 e. The van der Waals surface area contributed by atoms with Gasteiger partial charge in [-0.15, -0.1) is 11.3 Å². The summed E-state index contributed by atoms with van der Waals surface area (Å²) in [6, 6.07) is 2.04. The van der Waals surface area contributed by atoms with Gasteiger partial charge in [-0.25, -0.2) is 0 Å². The van der Waals surface area contributed by atoms with E-state index < -0.39 is 0 Å². The first-order valence-corrected chi connectivity index (χ1v) is 6.86. The van der Waals surface area contributed by atoms with Gasteiger partial charge in [0.1, 0.15) is 0 Å². The summed E-state index contributed by atoms with van der Waals surface area (Å²) in [4.78, 5) is 1.30. The Hall–Kier alpha value is -0.470. The van der Waals surface area contributed by atoms with Crippen LogP contribution in [-0.2, 0) is 5.75 Å². The fourth-order valence-electron chi connectivity index (χ4n) is 1.04. The van der Waals surface area contributed by atoms with Gasteiger partial charge in [0, 0.05) is 22.8 Å². The van der Waals surface area contributed by atoms with Crippen molar-refractivity contribution in [2.45, 2.75) is 12.2 Å². The first kappa shape index (κ1) is 12.6. The summed E-state index contributed by atoms with van der Waals surface area (Å²) in [6.07, 6.45) is 0.861. The van der Waals surface area contributed by atoms with Crippen LogP contribution < -0.4 is 5.73 Å². The van der Waals surface area contributed by atoms with Crippen LogP contribution in [0.15, 0.2) is 11.4 Å². The topological polar surface area (TPSA) is 46.2 Å². The van der Waals surface area contributed by atoms with Gasteiger partial charge in [-0.05, 0) is 23.6 Å². The van der Waals surface area contributed by atoms with E-state index in [9.17, 15) is 0 Å². The van der Waals surface area contributed by atoms with Crippen molar-refractivity contribution in [2.24, 2.45) is 5.73 Å². The number of hydrogen-bond donors (Lipinski definition) is 2. The van der Waals surface area contributed by atoms with E-state index in [4.69, 9.17) is 10.8 Å². The number of aliphatic hydroxyl groups excluding tert-OH is 1. The number of thiophene rings is 1. The maximum Gasteiger partial charge on any atom is 0.0555 e. The van der Waals surface area contributed by atoms with Crippen molar-refractivity contribution < 1.29 is 5.11 Å². The molecule has 2 nitrogen and oxygen atoms in total. The van der Waals surface area contributed by atoms with E-state index in [1.165, 1.54) is 4.88 Å². The van der Waals surface area contributed by atoms with Crippen LogP contribution in [0.25, 0.3) is 0 Å². The lowest BCUT2D eigenvalue weighted by molar-refractivity contribution is 0.296.